The molecule has 0 fully saturated rings. The number of aliphatic carboxylic acids is 1. The molecule has 1 rings (SSSR count). The Bertz CT molecular complexity index is 478. The lowest BCUT2D eigenvalue weighted by Gasteiger charge is -2.08. The molecular weight excluding hydrogens is 212 g/mol. The van der Waals surface area contributed by atoms with E-state index in [-0.39, 0.29) is 5.56 Å². The number of aryl methyl sites for hydroxylation is 1. The average molecular weight is 224 g/mol. The molecule has 1 aromatic heterocycles. The number of aromatic nitrogens is 1. The number of nitrogens with zero attached hydrogens (tertiary/aromatic N) is 1. The summed E-state index contributed by atoms with van der Waals surface area (Å²) < 4.78 is 1.29. The van der Waals surface area contributed by atoms with Crippen LogP contribution in [0.25, 0.3) is 0 Å². The van der Waals surface area contributed by atoms with E-state index in [4.69, 9.17) is 5.11 Å². The van der Waals surface area contributed by atoms with Gasteiger partial charge in [-0.15, -0.1) is 0 Å². The third-order valence-corrected chi connectivity index (χ3v) is 2.12. The summed E-state index contributed by atoms with van der Waals surface area (Å²) in [6.07, 6.45) is 1.43. The fraction of sp³-hybridized carbons (Fsp3) is 0.300. The molecule has 0 spiro atoms. The molecule has 0 saturated carbocycles. The minimum absolute atomic E-state index is 0.204. The van der Waals surface area contributed by atoms with E-state index in [0.29, 0.717) is 5.69 Å². The first-order valence-electron chi connectivity index (χ1n) is 4.62. The highest BCUT2D eigenvalue weighted by atomic mass is 16.4. The van der Waals surface area contributed by atoms with Crippen molar-refractivity contribution in [3.05, 3.63) is 28.7 Å². The Labute approximate surface area is 91.5 Å². The average Bonchev–Trinajstić information content (AvgIpc) is 2.22. The molecule has 0 aliphatic heterocycles. The molecule has 0 bridgehead atoms. The minimum atomic E-state index is -1.19. The van der Waals surface area contributed by atoms with Crippen molar-refractivity contribution in [1.29, 1.82) is 0 Å². The number of rotatable bonds is 3. The van der Waals surface area contributed by atoms with Crippen LogP contribution < -0.4 is 10.9 Å². The lowest BCUT2D eigenvalue weighted by Crippen LogP contribution is -2.27. The molecule has 1 atom stereocenters. The maximum absolute atomic E-state index is 11.4. The smallest absolute Gasteiger partial charge is 0.315 e. The first kappa shape index (κ1) is 12.0. The SMILES string of the molecule is CC(C(=O)O)C(=O)Nc1ccc(=O)n(C)c1. The van der Waals surface area contributed by atoms with Crippen molar-refractivity contribution in [2.24, 2.45) is 13.0 Å². The Hall–Kier alpha value is -2.11. The van der Waals surface area contributed by atoms with Crippen molar-refractivity contribution in [1.82, 2.24) is 4.57 Å². The van der Waals surface area contributed by atoms with E-state index < -0.39 is 17.8 Å². The van der Waals surface area contributed by atoms with Gasteiger partial charge in [-0.3, -0.25) is 14.4 Å². The monoisotopic (exact) mass is 224 g/mol. The number of amides is 1. The van der Waals surface area contributed by atoms with Crippen LogP contribution in [0.2, 0.25) is 0 Å². The molecule has 1 aromatic rings. The van der Waals surface area contributed by atoms with Gasteiger partial charge in [-0.25, -0.2) is 0 Å². The summed E-state index contributed by atoms with van der Waals surface area (Å²) in [5, 5.41) is 11.0. The zero-order valence-electron chi connectivity index (χ0n) is 8.93. The summed E-state index contributed by atoms with van der Waals surface area (Å²) in [5.41, 5.74) is 0.185. The number of hydrogen-bond donors (Lipinski definition) is 2. The first-order chi connectivity index (χ1) is 7.41. The zero-order chi connectivity index (χ0) is 12.3. The fourth-order valence-corrected chi connectivity index (χ4v) is 1.03. The summed E-state index contributed by atoms with van der Waals surface area (Å²) in [5.74, 6) is -2.94. The molecule has 1 amide bonds. The van der Waals surface area contributed by atoms with E-state index in [0.717, 1.165) is 0 Å². The minimum Gasteiger partial charge on any atom is -0.481 e. The van der Waals surface area contributed by atoms with E-state index in [2.05, 4.69) is 5.32 Å². The molecule has 0 aliphatic carbocycles. The first-order valence-corrected chi connectivity index (χ1v) is 4.62. The highest BCUT2D eigenvalue weighted by Crippen LogP contribution is 2.05. The summed E-state index contributed by atoms with van der Waals surface area (Å²) >= 11 is 0. The Morgan fingerprint density at radius 1 is 1.44 bits per heavy atom. The van der Waals surface area contributed by atoms with Gasteiger partial charge >= 0.3 is 5.97 Å². The maximum atomic E-state index is 11.4. The van der Waals surface area contributed by atoms with E-state index in [1.54, 1.807) is 7.05 Å². The second kappa shape index (κ2) is 4.61. The molecule has 0 radical (unpaired) electrons. The van der Waals surface area contributed by atoms with E-state index in [1.807, 2.05) is 0 Å². The van der Waals surface area contributed by atoms with Gasteiger partial charge in [0.1, 0.15) is 5.92 Å². The maximum Gasteiger partial charge on any atom is 0.315 e. The Kier molecular flexibility index (Phi) is 3.44. The number of carbonyl (C=O) groups is 2. The van der Waals surface area contributed by atoms with Gasteiger partial charge in [0.25, 0.3) is 0 Å². The van der Waals surface area contributed by atoms with E-state index in [1.165, 1.54) is 29.8 Å². The van der Waals surface area contributed by atoms with E-state index in [9.17, 15) is 14.4 Å². The summed E-state index contributed by atoms with van der Waals surface area (Å²) in [4.78, 5) is 33.0. The standard InChI is InChI=1S/C10H12N2O4/c1-6(10(15)16)9(14)11-7-3-4-8(13)12(2)5-7/h3-6H,1-2H3,(H,11,14)(H,15,16). The third kappa shape index (κ3) is 2.69. The molecule has 1 unspecified atom stereocenters. The molecular formula is C10H12N2O4. The topological polar surface area (TPSA) is 88.4 Å². The van der Waals surface area contributed by atoms with Crippen LogP contribution in [0.1, 0.15) is 6.92 Å². The van der Waals surface area contributed by atoms with Gasteiger partial charge in [-0.2, -0.15) is 0 Å². The number of hydrogen-bond acceptors (Lipinski definition) is 3. The van der Waals surface area contributed by atoms with Crippen molar-refractivity contribution >= 4 is 17.6 Å². The predicted octanol–water partition coefficient (Wildman–Crippen LogP) is 0.0445. The number of pyridine rings is 1. The molecule has 6 nitrogen and oxygen atoms in total. The van der Waals surface area contributed by atoms with Crippen LogP contribution in [0.3, 0.4) is 0 Å². The number of carbonyl (C=O) groups excluding carboxylic acids is 1. The Morgan fingerprint density at radius 2 is 2.06 bits per heavy atom. The molecule has 16 heavy (non-hydrogen) atoms. The van der Waals surface area contributed by atoms with Gasteiger partial charge in [0.05, 0.1) is 5.69 Å². The number of carboxylic acid groups (broad SMARTS) is 1. The van der Waals surface area contributed by atoms with Gasteiger partial charge in [0.15, 0.2) is 0 Å². The molecule has 2 N–H and O–H groups in total. The van der Waals surface area contributed by atoms with Gasteiger partial charge in [0.2, 0.25) is 11.5 Å². The van der Waals surface area contributed by atoms with Gasteiger partial charge in [-0.1, -0.05) is 0 Å². The number of carboxylic acids is 1. The Balaban J connectivity index is 2.81. The van der Waals surface area contributed by atoms with Crippen LogP contribution in [0.5, 0.6) is 0 Å². The summed E-state index contributed by atoms with van der Waals surface area (Å²) in [6.45, 7) is 1.29. The van der Waals surface area contributed by atoms with E-state index >= 15 is 0 Å². The largest absolute Gasteiger partial charge is 0.481 e. The quantitative estimate of drug-likeness (QED) is 0.710. The second-order valence-corrected chi connectivity index (χ2v) is 3.42. The van der Waals surface area contributed by atoms with Crippen molar-refractivity contribution in [3.63, 3.8) is 0 Å². The zero-order valence-corrected chi connectivity index (χ0v) is 8.93. The lowest BCUT2D eigenvalue weighted by molar-refractivity contribution is -0.144. The van der Waals surface area contributed by atoms with Crippen LogP contribution in [0.4, 0.5) is 5.69 Å². The molecule has 0 aromatic carbocycles. The van der Waals surface area contributed by atoms with Gasteiger partial charge in [0, 0.05) is 19.3 Å². The van der Waals surface area contributed by atoms with Crippen LogP contribution >= 0.6 is 0 Å². The summed E-state index contributed by atoms with van der Waals surface area (Å²) in [6, 6.07) is 2.72. The van der Waals surface area contributed by atoms with Crippen molar-refractivity contribution in [2.45, 2.75) is 6.92 Å². The number of nitrogens with one attached hydrogen (secondary N) is 1. The van der Waals surface area contributed by atoms with Gasteiger partial charge < -0.3 is 15.0 Å². The Morgan fingerprint density at radius 3 is 2.56 bits per heavy atom. The molecule has 0 aliphatic rings. The second-order valence-electron chi connectivity index (χ2n) is 3.42. The molecule has 86 valence electrons. The normalized spacial score (nSPS) is 11.9. The van der Waals surface area contributed by atoms with Crippen molar-refractivity contribution < 1.29 is 14.7 Å². The van der Waals surface area contributed by atoms with Crippen LogP contribution in [0.15, 0.2) is 23.1 Å². The third-order valence-electron chi connectivity index (χ3n) is 2.12. The lowest BCUT2D eigenvalue weighted by atomic mass is 10.1. The van der Waals surface area contributed by atoms with Crippen LogP contribution in [-0.4, -0.2) is 21.6 Å². The van der Waals surface area contributed by atoms with Crippen molar-refractivity contribution in [3.8, 4) is 0 Å². The molecule has 1 heterocycles. The highest BCUT2D eigenvalue weighted by molar-refractivity contribution is 6.03. The van der Waals surface area contributed by atoms with Crippen LogP contribution in [0, 0.1) is 5.92 Å². The molecule has 6 heteroatoms. The van der Waals surface area contributed by atoms with Gasteiger partial charge in [-0.05, 0) is 13.0 Å². The number of anilines is 1. The molecule has 0 saturated heterocycles. The van der Waals surface area contributed by atoms with Crippen molar-refractivity contribution in [2.75, 3.05) is 5.32 Å². The highest BCUT2D eigenvalue weighted by Gasteiger charge is 2.20. The predicted molar refractivity (Wildman–Crippen MR) is 57.1 cm³/mol. The summed E-state index contributed by atoms with van der Waals surface area (Å²) in [7, 11) is 1.54. The fourth-order valence-electron chi connectivity index (χ4n) is 1.03. The van der Waals surface area contributed by atoms with Crippen LogP contribution in [-0.2, 0) is 16.6 Å².